The van der Waals surface area contributed by atoms with Crippen LogP contribution in [0, 0.1) is 5.92 Å². The van der Waals surface area contributed by atoms with Crippen molar-refractivity contribution >= 4 is 17.2 Å². The van der Waals surface area contributed by atoms with E-state index in [-0.39, 0.29) is 23.1 Å². The molecule has 0 bridgehead atoms. The van der Waals surface area contributed by atoms with E-state index in [1.807, 2.05) is 0 Å². The van der Waals surface area contributed by atoms with Crippen molar-refractivity contribution in [2.24, 2.45) is 5.92 Å². The first-order valence-electron chi connectivity index (χ1n) is 6.56. The molecule has 1 aromatic heterocycles. The number of carbonyl (C=O) groups excluding carboxylic acids is 1. The Morgan fingerprint density at radius 1 is 1.50 bits per heavy atom. The van der Waals surface area contributed by atoms with E-state index < -0.39 is 18.6 Å². The third-order valence-electron chi connectivity index (χ3n) is 3.47. The fourth-order valence-corrected chi connectivity index (χ4v) is 3.18. The summed E-state index contributed by atoms with van der Waals surface area (Å²) in [6, 6.07) is 1.33. The fourth-order valence-electron chi connectivity index (χ4n) is 2.44. The van der Waals surface area contributed by atoms with Crippen LogP contribution in [0.3, 0.4) is 0 Å². The zero-order chi connectivity index (χ0) is 14.5. The van der Waals surface area contributed by atoms with E-state index >= 15 is 0 Å². The van der Waals surface area contributed by atoms with Gasteiger partial charge in [-0.15, -0.1) is 11.3 Å². The van der Waals surface area contributed by atoms with Gasteiger partial charge in [0.25, 0.3) is 5.91 Å². The summed E-state index contributed by atoms with van der Waals surface area (Å²) in [4.78, 5) is 12.0. The zero-order valence-corrected chi connectivity index (χ0v) is 11.7. The first kappa shape index (κ1) is 15.2. The third-order valence-corrected chi connectivity index (χ3v) is 4.36. The third kappa shape index (κ3) is 3.89. The monoisotopic (exact) mass is 305 g/mol. The zero-order valence-electron chi connectivity index (χ0n) is 10.9. The average molecular weight is 305 g/mol. The van der Waals surface area contributed by atoms with Crippen molar-refractivity contribution in [3.63, 3.8) is 0 Å². The summed E-state index contributed by atoms with van der Waals surface area (Å²) in [6.45, 7) is -2.82. The predicted octanol–water partition coefficient (Wildman–Crippen LogP) is 2.63. The van der Waals surface area contributed by atoms with Gasteiger partial charge in [0.15, 0.2) is 0 Å². The van der Waals surface area contributed by atoms with Crippen molar-refractivity contribution in [1.29, 1.82) is 0 Å². The predicted molar refractivity (Wildman–Crippen MR) is 71.2 cm³/mol. The maximum absolute atomic E-state index is 12.2. The fraction of sp³-hybridized carbons (Fsp3) is 0.615. The van der Waals surface area contributed by atoms with Crippen molar-refractivity contribution in [2.45, 2.75) is 38.4 Å². The van der Waals surface area contributed by atoms with Gasteiger partial charge in [-0.2, -0.15) is 8.78 Å². The van der Waals surface area contributed by atoms with E-state index in [9.17, 15) is 18.7 Å². The molecule has 1 saturated carbocycles. The minimum atomic E-state index is -2.96. The molecule has 1 aromatic rings. The number of hydrogen-bond donors (Lipinski definition) is 2. The Morgan fingerprint density at radius 3 is 2.85 bits per heavy atom. The number of carbonyl (C=O) groups is 1. The average Bonchev–Trinajstić information content (AvgIpc) is 3.05. The molecule has 1 aliphatic rings. The van der Waals surface area contributed by atoms with Gasteiger partial charge in [0.1, 0.15) is 10.6 Å². The molecule has 2 N–H and O–H groups in total. The number of amides is 1. The van der Waals surface area contributed by atoms with E-state index in [0.717, 1.165) is 37.0 Å². The Labute approximate surface area is 119 Å². The Kier molecular flexibility index (Phi) is 5.31. The van der Waals surface area contributed by atoms with Gasteiger partial charge < -0.3 is 15.2 Å². The number of ether oxygens (including phenoxy) is 1. The second-order valence-corrected chi connectivity index (χ2v) is 5.73. The molecule has 1 atom stereocenters. The van der Waals surface area contributed by atoms with Crippen molar-refractivity contribution in [2.75, 3.05) is 6.54 Å². The van der Waals surface area contributed by atoms with E-state index in [1.165, 1.54) is 11.4 Å². The second kappa shape index (κ2) is 6.99. The number of nitrogens with one attached hydrogen (secondary N) is 1. The van der Waals surface area contributed by atoms with Crippen molar-refractivity contribution < 1.29 is 23.4 Å². The number of aliphatic hydroxyl groups excluding tert-OH is 1. The molecular weight excluding hydrogens is 288 g/mol. The van der Waals surface area contributed by atoms with Gasteiger partial charge in [-0.05, 0) is 30.2 Å². The van der Waals surface area contributed by atoms with E-state index in [0.29, 0.717) is 0 Å². The topological polar surface area (TPSA) is 58.6 Å². The van der Waals surface area contributed by atoms with Gasteiger partial charge in [0.2, 0.25) is 0 Å². The summed E-state index contributed by atoms with van der Waals surface area (Å²) in [7, 11) is 0. The van der Waals surface area contributed by atoms with Gasteiger partial charge >= 0.3 is 6.61 Å². The number of halogens is 2. The molecule has 1 fully saturated rings. The Bertz CT molecular complexity index is 447. The minimum absolute atomic E-state index is 0.101. The quantitative estimate of drug-likeness (QED) is 0.849. The highest BCUT2D eigenvalue weighted by Gasteiger charge is 2.24. The maximum atomic E-state index is 12.2. The van der Waals surface area contributed by atoms with Crippen LogP contribution >= 0.6 is 11.3 Å². The van der Waals surface area contributed by atoms with Crippen LogP contribution in [0.1, 0.15) is 35.4 Å². The van der Waals surface area contributed by atoms with Gasteiger partial charge in [-0.3, -0.25) is 4.79 Å². The van der Waals surface area contributed by atoms with Crippen molar-refractivity contribution in [3.05, 3.63) is 16.3 Å². The summed E-state index contributed by atoms with van der Waals surface area (Å²) >= 11 is 1.03. The second-order valence-electron chi connectivity index (χ2n) is 4.81. The standard InChI is InChI=1S/C13H17F2NO3S/c14-13(15)19-10-5-6-20-11(10)12(18)16-7-9(17)8-3-1-2-4-8/h5-6,8-9,13,17H,1-4,7H2,(H,16,18). The molecule has 1 amide bonds. The molecule has 1 heterocycles. The normalized spacial score (nSPS) is 17.4. The molecule has 4 nitrogen and oxygen atoms in total. The lowest BCUT2D eigenvalue weighted by Gasteiger charge is -2.18. The van der Waals surface area contributed by atoms with Crippen LogP contribution in [0.25, 0.3) is 0 Å². The molecule has 112 valence electrons. The largest absolute Gasteiger partial charge is 0.433 e. The number of rotatable bonds is 6. The van der Waals surface area contributed by atoms with Crippen LogP contribution in [0.5, 0.6) is 5.75 Å². The summed E-state index contributed by atoms with van der Waals surface area (Å²) in [6.07, 6.45) is 3.56. The van der Waals surface area contributed by atoms with E-state index in [1.54, 1.807) is 0 Å². The molecule has 7 heteroatoms. The Morgan fingerprint density at radius 2 is 2.20 bits per heavy atom. The number of thiophene rings is 1. The lowest BCUT2D eigenvalue weighted by atomic mass is 10.0. The number of alkyl halides is 2. The van der Waals surface area contributed by atoms with Crippen LogP contribution in [0.2, 0.25) is 0 Å². The molecule has 0 aliphatic heterocycles. The molecule has 20 heavy (non-hydrogen) atoms. The van der Waals surface area contributed by atoms with Crippen LogP contribution < -0.4 is 10.1 Å². The summed E-state index contributed by atoms with van der Waals surface area (Å²) in [5.41, 5.74) is 0. The molecule has 0 radical (unpaired) electrons. The molecule has 0 saturated heterocycles. The molecule has 2 rings (SSSR count). The lowest BCUT2D eigenvalue weighted by molar-refractivity contribution is -0.0498. The van der Waals surface area contributed by atoms with Gasteiger partial charge in [0, 0.05) is 6.54 Å². The highest BCUT2D eigenvalue weighted by Crippen LogP contribution is 2.28. The Hall–Kier alpha value is -1.21. The molecule has 0 spiro atoms. The van der Waals surface area contributed by atoms with Crippen molar-refractivity contribution in [1.82, 2.24) is 5.32 Å². The first-order chi connectivity index (χ1) is 9.58. The van der Waals surface area contributed by atoms with Crippen LogP contribution in [-0.2, 0) is 0 Å². The highest BCUT2D eigenvalue weighted by molar-refractivity contribution is 7.12. The highest BCUT2D eigenvalue weighted by atomic mass is 32.1. The van der Waals surface area contributed by atoms with Crippen LogP contribution in [0.15, 0.2) is 11.4 Å². The molecular formula is C13H17F2NO3S. The summed E-state index contributed by atoms with van der Waals surface area (Å²) in [5, 5.41) is 14.0. The lowest BCUT2D eigenvalue weighted by Crippen LogP contribution is -2.35. The maximum Gasteiger partial charge on any atom is 0.387 e. The van der Waals surface area contributed by atoms with E-state index in [2.05, 4.69) is 10.1 Å². The SMILES string of the molecule is O=C(NCC(O)C1CCCC1)c1sccc1OC(F)F. The number of hydrogen-bond acceptors (Lipinski definition) is 4. The summed E-state index contributed by atoms with van der Waals surface area (Å²) in [5.74, 6) is -0.402. The smallest absolute Gasteiger partial charge is 0.387 e. The van der Waals surface area contributed by atoms with E-state index in [4.69, 9.17) is 0 Å². The van der Waals surface area contributed by atoms with Gasteiger partial charge in [-0.1, -0.05) is 12.8 Å². The van der Waals surface area contributed by atoms with Crippen LogP contribution in [0.4, 0.5) is 8.78 Å². The molecule has 1 aliphatic carbocycles. The first-order valence-corrected chi connectivity index (χ1v) is 7.44. The Balaban J connectivity index is 1.86. The minimum Gasteiger partial charge on any atom is -0.433 e. The molecule has 1 unspecified atom stereocenters. The molecule has 0 aromatic carbocycles. The number of aliphatic hydroxyl groups is 1. The van der Waals surface area contributed by atoms with Crippen molar-refractivity contribution in [3.8, 4) is 5.75 Å². The summed E-state index contributed by atoms with van der Waals surface area (Å²) < 4.78 is 28.6. The van der Waals surface area contributed by atoms with Gasteiger partial charge in [0.05, 0.1) is 6.10 Å². The van der Waals surface area contributed by atoms with Crippen LogP contribution in [-0.4, -0.2) is 30.3 Å². The van der Waals surface area contributed by atoms with Gasteiger partial charge in [-0.25, -0.2) is 0 Å².